The first-order chi connectivity index (χ1) is 9.10. The van der Waals surface area contributed by atoms with Crippen LogP contribution in [-0.2, 0) is 6.54 Å². The second kappa shape index (κ2) is 6.86. The summed E-state index contributed by atoms with van der Waals surface area (Å²) in [5.74, 6) is 0. The molecule has 1 heterocycles. The van der Waals surface area contributed by atoms with Gasteiger partial charge in [-0.05, 0) is 52.8 Å². The Kier molecular flexibility index (Phi) is 5.42. The summed E-state index contributed by atoms with van der Waals surface area (Å²) in [4.78, 5) is 3.55. The minimum atomic E-state index is 0.243. The standard InChI is InChI=1S/C14H16BrClN2S/c1-18(9-10-2-4-11(16)5-3-10)12(8-17)13-6-7-14(15)19-13/h2-7,12H,8-9,17H2,1H3. The van der Waals surface area contributed by atoms with Gasteiger partial charge >= 0.3 is 0 Å². The van der Waals surface area contributed by atoms with Crippen LogP contribution in [0.1, 0.15) is 16.5 Å². The molecule has 0 spiro atoms. The van der Waals surface area contributed by atoms with E-state index in [1.807, 2.05) is 12.1 Å². The summed E-state index contributed by atoms with van der Waals surface area (Å²) in [6, 6.07) is 12.4. The number of thiophene rings is 1. The minimum absolute atomic E-state index is 0.243. The third kappa shape index (κ3) is 4.04. The van der Waals surface area contributed by atoms with Gasteiger partial charge in [0.2, 0.25) is 0 Å². The average Bonchev–Trinajstić information content (AvgIpc) is 2.80. The first kappa shape index (κ1) is 15.0. The maximum atomic E-state index is 5.92. The van der Waals surface area contributed by atoms with Crippen LogP contribution in [0.5, 0.6) is 0 Å². The molecule has 0 amide bonds. The first-order valence-electron chi connectivity index (χ1n) is 6.00. The predicted octanol–water partition coefficient (Wildman–Crippen LogP) is 4.30. The molecule has 2 rings (SSSR count). The van der Waals surface area contributed by atoms with Crippen LogP contribution in [0.4, 0.5) is 0 Å². The van der Waals surface area contributed by atoms with Gasteiger partial charge in [-0.2, -0.15) is 0 Å². The molecular weight excluding hydrogens is 344 g/mol. The molecule has 0 saturated carbocycles. The lowest BCUT2D eigenvalue weighted by Gasteiger charge is -2.26. The van der Waals surface area contributed by atoms with Crippen molar-refractivity contribution < 1.29 is 0 Å². The summed E-state index contributed by atoms with van der Waals surface area (Å²) < 4.78 is 1.14. The molecule has 2 aromatic rings. The number of likely N-dealkylation sites (N-methyl/N-ethyl adjacent to an activating group) is 1. The van der Waals surface area contributed by atoms with Gasteiger partial charge in [-0.15, -0.1) is 11.3 Å². The summed E-state index contributed by atoms with van der Waals surface area (Å²) in [5, 5.41) is 0.768. The summed E-state index contributed by atoms with van der Waals surface area (Å²) in [6.45, 7) is 1.46. The zero-order chi connectivity index (χ0) is 13.8. The Morgan fingerprint density at radius 1 is 1.26 bits per heavy atom. The number of halogens is 2. The fraction of sp³-hybridized carbons (Fsp3) is 0.286. The minimum Gasteiger partial charge on any atom is -0.329 e. The van der Waals surface area contributed by atoms with Gasteiger partial charge in [-0.1, -0.05) is 23.7 Å². The molecule has 5 heteroatoms. The predicted molar refractivity (Wildman–Crippen MR) is 86.7 cm³/mol. The SMILES string of the molecule is CN(Cc1ccc(Cl)cc1)C(CN)c1ccc(Br)s1. The lowest BCUT2D eigenvalue weighted by atomic mass is 10.1. The van der Waals surface area contributed by atoms with Gasteiger partial charge in [0.25, 0.3) is 0 Å². The van der Waals surface area contributed by atoms with Gasteiger partial charge in [-0.3, -0.25) is 4.90 Å². The Hall–Kier alpha value is -0.390. The number of nitrogens with two attached hydrogens (primary N) is 1. The third-order valence-corrected chi connectivity index (χ3v) is 5.00. The van der Waals surface area contributed by atoms with E-state index in [1.165, 1.54) is 10.4 Å². The summed E-state index contributed by atoms with van der Waals surface area (Å²) in [6.07, 6.45) is 0. The number of rotatable bonds is 5. The Morgan fingerprint density at radius 3 is 2.47 bits per heavy atom. The Bertz CT molecular complexity index is 526. The summed E-state index contributed by atoms with van der Waals surface area (Å²) >= 11 is 11.1. The van der Waals surface area contributed by atoms with E-state index >= 15 is 0 Å². The number of nitrogens with zero attached hydrogens (tertiary/aromatic N) is 1. The van der Waals surface area contributed by atoms with Crippen molar-refractivity contribution in [2.75, 3.05) is 13.6 Å². The third-order valence-electron chi connectivity index (χ3n) is 3.02. The Morgan fingerprint density at radius 2 is 1.95 bits per heavy atom. The number of hydrogen-bond donors (Lipinski definition) is 1. The van der Waals surface area contributed by atoms with Crippen molar-refractivity contribution in [3.05, 3.63) is 55.6 Å². The molecule has 0 aliphatic rings. The smallest absolute Gasteiger partial charge is 0.0702 e. The number of benzene rings is 1. The van der Waals surface area contributed by atoms with Gasteiger partial charge < -0.3 is 5.73 Å². The van der Waals surface area contributed by atoms with Crippen LogP contribution in [0.3, 0.4) is 0 Å². The molecule has 0 aliphatic carbocycles. The van der Waals surface area contributed by atoms with E-state index in [0.29, 0.717) is 6.54 Å². The fourth-order valence-corrected chi connectivity index (χ4v) is 3.74. The highest BCUT2D eigenvalue weighted by molar-refractivity contribution is 9.11. The van der Waals surface area contributed by atoms with Crippen LogP contribution in [0.2, 0.25) is 5.02 Å². The zero-order valence-electron chi connectivity index (χ0n) is 10.6. The second-order valence-corrected chi connectivity index (χ2v) is 7.37. The van der Waals surface area contributed by atoms with Gasteiger partial charge in [0.05, 0.1) is 9.83 Å². The molecule has 1 unspecified atom stereocenters. The second-order valence-electron chi connectivity index (χ2n) is 4.43. The highest BCUT2D eigenvalue weighted by Crippen LogP contribution is 2.30. The van der Waals surface area contributed by atoms with Gasteiger partial charge in [0, 0.05) is 23.0 Å². The lowest BCUT2D eigenvalue weighted by Crippen LogP contribution is -2.29. The molecule has 1 aromatic heterocycles. The zero-order valence-corrected chi connectivity index (χ0v) is 13.8. The molecule has 0 saturated heterocycles. The van der Waals surface area contributed by atoms with Crippen molar-refractivity contribution in [1.29, 1.82) is 0 Å². The maximum absolute atomic E-state index is 5.92. The van der Waals surface area contributed by atoms with E-state index in [2.05, 4.69) is 52.1 Å². The fourth-order valence-electron chi connectivity index (χ4n) is 2.01. The van der Waals surface area contributed by atoms with Crippen LogP contribution in [0, 0.1) is 0 Å². The Labute approximate surface area is 131 Å². The van der Waals surface area contributed by atoms with Crippen LogP contribution >= 0.6 is 38.9 Å². The van der Waals surface area contributed by atoms with E-state index < -0.39 is 0 Å². The van der Waals surface area contributed by atoms with Crippen molar-refractivity contribution in [2.24, 2.45) is 5.73 Å². The van der Waals surface area contributed by atoms with Gasteiger partial charge in [0.15, 0.2) is 0 Å². The van der Waals surface area contributed by atoms with E-state index in [9.17, 15) is 0 Å². The summed E-state index contributed by atoms with van der Waals surface area (Å²) in [5.41, 5.74) is 7.16. The molecule has 0 radical (unpaired) electrons. The maximum Gasteiger partial charge on any atom is 0.0702 e. The van der Waals surface area contributed by atoms with Crippen LogP contribution in [0.25, 0.3) is 0 Å². The normalized spacial score (nSPS) is 12.9. The molecule has 2 N–H and O–H groups in total. The molecule has 0 fully saturated rings. The molecule has 102 valence electrons. The largest absolute Gasteiger partial charge is 0.329 e. The molecule has 0 bridgehead atoms. The van der Waals surface area contributed by atoms with Crippen molar-refractivity contribution in [2.45, 2.75) is 12.6 Å². The van der Waals surface area contributed by atoms with Crippen LogP contribution in [0.15, 0.2) is 40.2 Å². The van der Waals surface area contributed by atoms with E-state index in [4.69, 9.17) is 17.3 Å². The van der Waals surface area contributed by atoms with Crippen molar-refractivity contribution in [1.82, 2.24) is 4.90 Å². The number of hydrogen-bond acceptors (Lipinski definition) is 3. The average molecular weight is 360 g/mol. The topological polar surface area (TPSA) is 29.3 Å². The molecule has 1 aromatic carbocycles. The molecule has 0 aliphatic heterocycles. The highest BCUT2D eigenvalue weighted by atomic mass is 79.9. The van der Waals surface area contributed by atoms with Crippen molar-refractivity contribution in [3.63, 3.8) is 0 Å². The summed E-state index contributed by atoms with van der Waals surface area (Å²) in [7, 11) is 2.10. The van der Waals surface area contributed by atoms with Crippen LogP contribution in [-0.4, -0.2) is 18.5 Å². The van der Waals surface area contributed by atoms with E-state index in [1.54, 1.807) is 11.3 Å². The van der Waals surface area contributed by atoms with Crippen LogP contribution < -0.4 is 5.73 Å². The molecule has 19 heavy (non-hydrogen) atoms. The van der Waals surface area contributed by atoms with E-state index in [0.717, 1.165) is 15.4 Å². The van der Waals surface area contributed by atoms with Crippen molar-refractivity contribution >= 4 is 38.9 Å². The monoisotopic (exact) mass is 358 g/mol. The van der Waals surface area contributed by atoms with E-state index in [-0.39, 0.29) is 6.04 Å². The van der Waals surface area contributed by atoms with Gasteiger partial charge in [-0.25, -0.2) is 0 Å². The highest BCUT2D eigenvalue weighted by Gasteiger charge is 2.17. The molecule has 2 nitrogen and oxygen atoms in total. The first-order valence-corrected chi connectivity index (χ1v) is 7.99. The molecule has 1 atom stereocenters. The molecular formula is C14H16BrClN2S. The Balaban J connectivity index is 2.08. The lowest BCUT2D eigenvalue weighted by molar-refractivity contribution is 0.245. The van der Waals surface area contributed by atoms with Gasteiger partial charge in [0.1, 0.15) is 0 Å². The quantitative estimate of drug-likeness (QED) is 0.862. The van der Waals surface area contributed by atoms with Crippen molar-refractivity contribution in [3.8, 4) is 0 Å².